The predicted molar refractivity (Wildman–Crippen MR) is 106 cm³/mol. The van der Waals surface area contributed by atoms with Gasteiger partial charge in [-0.2, -0.15) is 0 Å². The number of carboxylic acids is 1. The molecular weight excluding hydrogens is 352 g/mol. The minimum Gasteiger partial charge on any atom is -0.481 e. The lowest BCUT2D eigenvalue weighted by molar-refractivity contribution is -0.136. The molecule has 0 aliphatic rings. The third kappa shape index (κ3) is 6.41. The highest BCUT2D eigenvalue weighted by atomic mass is 35.5. The fourth-order valence-corrected chi connectivity index (χ4v) is 2.60. The fraction of sp³-hybridized carbons (Fsp3) is 0.300. The van der Waals surface area contributed by atoms with Crippen LogP contribution in [0.2, 0.25) is 0 Å². The quantitative estimate of drug-likeness (QED) is 0.742. The van der Waals surface area contributed by atoms with Crippen molar-refractivity contribution in [1.29, 1.82) is 0 Å². The van der Waals surface area contributed by atoms with E-state index in [9.17, 15) is 9.59 Å². The zero-order chi connectivity index (χ0) is 18.2. The van der Waals surface area contributed by atoms with Crippen LogP contribution in [0.1, 0.15) is 27.9 Å². The van der Waals surface area contributed by atoms with E-state index in [0.29, 0.717) is 18.5 Å². The van der Waals surface area contributed by atoms with Crippen molar-refractivity contribution in [3.63, 3.8) is 0 Å². The van der Waals surface area contributed by atoms with Crippen LogP contribution >= 0.6 is 12.4 Å². The number of hydrogen-bond acceptors (Lipinski definition) is 3. The molecule has 2 aromatic rings. The maximum atomic E-state index is 12.4. The average Bonchev–Trinajstić information content (AvgIpc) is 2.60. The summed E-state index contributed by atoms with van der Waals surface area (Å²) in [7, 11) is 3.83. The van der Waals surface area contributed by atoms with Gasteiger partial charge in [0.15, 0.2) is 0 Å². The Balaban J connectivity index is 0.00000338. The van der Waals surface area contributed by atoms with E-state index in [2.05, 4.69) is 5.32 Å². The molecule has 0 spiro atoms. The van der Waals surface area contributed by atoms with Crippen molar-refractivity contribution in [3.05, 3.63) is 65.2 Å². The molecule has 0 unspecified atom stereocenters. The smallest absolute Gasteiger partial charge is 0.303 e. The van der Waals surface area contributed by atoms with E-state index in [1.807, 2.05) is 67.5 Å². The molecule has 0 radical (unpaired) electrons. The van der Waals surface area contributed by atoms with Crippen molar-refractivity contribution >= 4 is 30.0 Å². The van der Waals surface area contributed by atoms with Gasteiger partial charge in [-0.15, -0.1) is 12.4 Å². The lowest BCUT2D eigenvalue weighted by Crippen LogP contribution is -2.27. The summed E-state index contributed by atoms with van der Waals surface area (Å²) < 4.78 is 0. The summed E-state index contributed by atoms with van der Waals surface area (Å²) in [4.78, 5) is 24.9. The Morgan fingerprint density at radius 1 is 0.962 bits per heavy atom. The molecule has 26 heavy (non-hydrogen) atoms. The Bertz CT molecular complexity index is 730. The summed E-state index contributed by atoms with van der Waals surface area (Å²) in [6.07, 6.45) is 1.41. The fourth-order valence-electron chi connectivity index (χ4n) is 2.60. The number of carbonyl (C=O) groups is 2. The van der Waals surface area contributed by atoms with Crippen LogP contribution in [-0.2, 0) is 17.6 Å². The minimum atomic E-state index is -0.787. The molecule has 2 rings (SSSR count). The van der Waals surface area contributed by atoms with Gasteiger partial charge in [0.05, 0.1) is 5.56 Å². The van der Waals surface area contributed by atoms with Crippen LogP contribution in [0.25, 0.3) is 0 Å². The Labute approximate surface area is 160 Å². The number of aryl methyl sites for hydroxylation is 1. The monoisotopic (exact) mass is 376 g/mol. The van der Waals surface area contributed by atoms with Crippen molar-refractivity contribution in [1.82, 2.24) is 5.32 Å². The van der Waals surface area contributed by atoms with E-state index in [4.69, 9.17) is 5.11 Å². The van der Waals surface area contributed by atoms with Crippen molar-refractivity contribution in [2.24, 2.45) is 0 Å². The summed E-state index contributed by atoms with van der Waals surface area (Å²) in [5.74, 6) is -0.868. The molecule has 2 N–H and O–H groups in total. The second kappa shape index (κ2) is 10.5. The summed E-state index contributed by atoms with van der Waals surface area (Å²) in [6.45, 7) is 0.551. The summed E-state index contributed by atoms with van der Waals surface area (Å²) in [5, 5.41) is 11.7. The molecule has 0 saturated carbocycles. The van der Waals surface area contributed by atoms with E-state index >= 15 is 0 Å². The lowest BCUT2D eigenvalue weighted by atomic mass is 10.1. The molecule has 0 atom stereocenters. The average molecular weight is 377 g/mol. The minimum absolute atomic E-state index is 0. The molecule has 1 amide bonds. The first-order chi connectivity index (χ1) is 12.0. The molecule has 0 saturated heterocycles. The van der Waals surface area contributed by atoms with Crippen LogP contribution in [0.15, 0.2) is 48.5 Å². The second-order valence-corrected chi connectivity index (χ2v) is 6.13. The Morgan fingerprint density at radius 3 is 2.12 bits per heavy atom. The van der Waals surface area contributed by atoms with E-state index in [1.54, 1.807) is 0 Å². The first-order valence-electron chi connectivity index (χ1n) is 8.31. The number of amides is 1. The Morgan fingerprint density at radius 2 is 1.54 bits per heavy atom. The summed E-state index contributed by atoms with van der Waals surface area (Å²) in [6, 6.07) is 15.4. The normalized spacial score (nSPS) is 9.92. The summed E-state index contributed by atoms with van der Waals surface area (Å²) >= 11 is 0. The van der Waals surface area contributed by atoms with Crippen molar-refractivity contribution in [3.8, 4) is 0 Å². The molecule has 2 aromatic carbocycles. The second-order valence-electron chi connectivity index (χ2n) is 6.13. The van der Waals surface area contributed by atoms with Crippen molar-refractivity contribution in [2.45, 2.75) is 19.3 Å². The number of nitrogens with zero attached hydrogens (tertiary/aromatic N) is 1. The zero-order valence-electron chi connectivity index (χ0n) is 15.1. The maximum absolute atomic E-state index is 12.4. The van der Waals surface area contributed by atoms with Gasteiger partial charge in [0, 0.05) is 32.7 Å². The molecule has 5 nitrogen and oxygen atoms in total. The SMILES string of the molecule is CN(C)c1ccccc1C(=O)NCCc1ccc(CCC(=O)O)cc1.Cl. The van der Waals surface area contributed by atoms with Gasteiger partial charge in [-0.05, 0) is 36.1 Å². The van der Waals surface area contributed by atoms with Crippen LogP contribution in [0, 0.1) is 0 Å². The van der Waals surface area contributed by atoms with Crippen LogP contribution in [0.5, 0.6) is 0 Å². The molecular formula is C20H25ClN2O3. The number of benzene rings is 2. The van der Waals surface area contributed by atoms with Gasteiger partial charge in [-0.1, -0.05) is 36.4 Å². The number of halogens is 1. The van der Waals surface area contributed by atoms with E-state index < -0.39 is 5.97 Å². The molecule has 0 fully saturated rings. The van der Waals surface area contributed by atoms with Crippen LogP contribution in [0.4, 0.5) is 5.69 Å². The number of carboxylic acid groups (broad SMARTS) is 1. The van der Waals surface area contributed by atoms with Gasteiger partial charge in [-0.3, -0.25) is 9.59 Å². The Hall–Kier alpha value is -2.53. The molecule has 0 bridgehead atoms. The molecule has 6 heteroatoms. The van der Waals surface area contributed by atoms with Crippen molar-refractivity contribution in [2.75, 3.05) is 25.5 Å². The van der Waals surface area contributed by atoms with Gasteiger partial charge in [0.25, 0.3) is 5.91 Å². The lowest BCUT2D eigenvalue weighted by Gasteiger charge is -2.16. The third-order valence-electron chi connectivity index (χ3n) is 3.98. The van der Waals surface area contributed by atoms with Crippen LogP contribution in [0.3, 0.4) is 0 Å². The third-order valence-corrected chi connectivity index (χ3v) is 3.98. The predicted octanol–water partition coefficient (Wildman–Crippen LogP) is 3.16. The highest BCUT2D eigenvalue weighted by Gasteiger charge is 2.11. The first-order valence-corrected chi connectivity index (χ1v) is 8.31. The number of rotatable bonds is 8. The number of carbonyl (C=O) groups excluding carboxylic acids is 1. The number of aliphatic carboxylic acids is 1. The standard InChI is InChI=1S/C20H24N2O3.ClH/c1-22(2)18-6-4-3-5-17(18)20(25)21-14-13-16-9-7-15(8-10-16)11-12-19(23)24;/h3-10H,11-14H2,1-2H3,(H,21,25)(H,23,24);1H. The molecule has 0 heterocycles. The largest absolute Gasteiger partial charge is 0.481 e. The number of para-hydroxylation sites is 1. The topological polar surface area (TPSA) is 69.6 Å². The highest BCUT2D eigenvalue weighted by molar-refractivity contribution is 5.99. The first kappa shape index (κ1) is 21.5. The molecule has 140 valence electrons. The number of nitrogens with one attached hydrogen (secondary N) is 1. The van der Waals surface area contributed by atoms with Gasteiger partial charge < -0.3 is 15.3 Å². The molecule has 0 aliphatic carbocycles. The van der Waals surface area contributed by atoms with Crippen LogP contribution in [-0.4, -0.2) is 37.6 Å². The van der Waals surface area contributed by atoms with Gasteiger partial charge in [-0.25, -0.2) is 0 Å². The van der Waals surface area contributed by atoms with Gasteiger partial charge in [0.2, 0.25) is 0 Å². The Kier molecular flexibility index (Phi) is 8.65. The highest BCUT2D eigenvalue weighted by Crippen LogP contribution is 2.17. The van der Waals surface area contributed by atoms with Gasteiger partial charge in [0.1, 0.15) is 0 Å². The van der Waals surface area contributed by atoms with Gasteiger partial charge >= 0.3 is 5.97 Å². The van der Waals surface area contributed by atoms with E-state index in [-0.39, 0.29) is 24.7 Å². The van der Waals surface area contributed by atoms with E-state index in [0.717, 1.165) is 23.2 Å². The van der Waals surface area contributed by atoms with E-state index in [1.165, 1.54) is 0 Å². The molecule has 0 aliphatic heterocycles. The zero-order valence-corrected chi connectivity index (χ0v) is 15.9. The number of anilines is 1. The number of hydrogen-bond donors (Lipinski definition) is 2. The maximum Gasteiger partial charge on any atom is 0.303 e. The van der Waals surface area contributed by atoms with Crippen molar-refractivity contribution < 1.29 is 14.7 Å². The summed E-state index contributed by atoms with van der Waals surface area (Å²) in [5.41, 5.74) is 3.68. The van der Waals surface area contributed by atoms with Crippen LogP contribution < -0.4 is 10.2 Å². The molecule has 0 aromatic heterocycles.